The van der Waals surface area contributed by atoms with Crippen molar-refractivity contribution < 1.29 is 14.3 Å². The number of nitrogens with zero attached hydrogens (tertiary/aromatic N) is 5. The van der Waals surface area contributed by atoms with Crippen molar-refractivity contribution >= 4 is 11.9 Å². The molecule has 0 unspecified atom stereocenters. The molecule has 0 aromatic carbocycles. The van der Waals surface area contributed by atoms with Crippen LogP contribution in [0.5, 0.6) is 0 Å². The van der Waals surface area contributed by atoms with Crippen LogP contribution in [0.2, 0.25) is 0 Å². The number of aromatic nitrogens is 3. The highest BCUT2D eigenvalue weighted by Crippen LogP contribution is 2.06. The van der Waals surface area contributed by atoms with Gasteiger partial charge in [-0.05, 0) is 0 Å². The smallest absolute Gasteiger partial charge is 0.319 e. The summed E-state index contributed by atoms with van der Waals surface area (Å²) in [6.07, 6.45) is 1.61. The molecule has 0 atom stereocenters. The van der Waals surface area contributed by atoms with E-state index in [0.717, 1.165) is 0 Å². The van der Waals surface area contributed by atoms with Gasteiger partial charge in [-0.1, -0.05) is 5.21 Å². The molecule has 2 heterocycles. The Bertz CT molecular complexity index is 495. The second-order valence-electron chi connectivity index (χ2n) is 4.80. The fourth-order valence-corrected chi connectivity index (χ4v) is 2.16. The van der Waals surface area contributed by atoms with Crippen LogP contribution in [0, 0.1) is 0 Å². The van der Waals surface area contributed by atoms with Crippen molar-refractivity contribution in [3.63, 3.8) is 0 Å². The minimum Gasteiger partial charge on any atom is -0.468 e. The third-order valence-electron chi connectivity index (χ3n) is 3.36. The predicted octanol–water partition coefficient (Wildman–Crippen LogP) is -1.83. The zero-order chi connectivity index (χ0) is 15.2. The molecule has 0 bridgehead atoms. The summed E-state index contributed by atoms with van der Waals surface area (Å²) in [4.78, 5) is 27.1. The Hall–Kier alpha value is -2.00. The number of methoxy groups -OCH3 is 1. The zero-order valence-corrected chi connectivity index (χ0v) is 12.1. The third-order valence-corrected chi connectivity index (χ3v) is 3.36. The molecular formula is C12H20N6O3. The summed E-state index contributed by atoms with van der Waals surface area (Å²) in [5.74, 6) is -0.407. The molecule has 1 fully saturated rings. The fraction of sp³-hybridized carbons (Fsp3) is 0.667. The molecule has 1 aliphatic heterocycles. The maximum atomic E-state index is 12.3. The summed E-state index contributed by atoms with van der Waals surface area (Å²) >= 11 is 0. The second-order valence-corrected chi connectivity index (χ2v) is 4.80. The third kappa shape index (κ3) is 3.99. The lowest BCUT2D eigenvalue weighted by atomic mass is 10.3. The van der Waals surface area contributed by atoms with Crippen molar-refractivity contribution in [3.05, 3.63) is 11.9 Å². The Kier molecular flexibility index (Phi) is 5.23. The monoisotopic (exact) mass is 296 g/mol. The van der Waals surface area contributed by atoms with E-state index in [9.17, 15) is 9.59 Å². The predicted molar refractivity (Wildman–Crippen MR) is 73.4 cm³/mol. The lowest BCUT2D eigenvalue weighted by Gasteiger charge is -2.33. The number of carbonyl (C=O) groups excluding carboxylic acids is 2. The van der Waals surface area contributed by atoms with Crippen molar-refractivity contribution in [1.82, 2.24) is 24.8 Å². The highest BCUT2D eigenvalue weighted by molar-refractivity contribution is 5.92. The van der Waals surface area contributed by atoms with Crippen molar-refractivity contribution in [2.45, 2.75) is 6.54 Å². The van der Waals surface area contributed by atoms with Crippen LogP contribution in [0.25, 0.3) is 0 Å². The van der Waals surface area contributed by atoms with E-state index in [-0.39, 0.29) is 18.4 Å². The van der Waals surface area contributed by atoms with Gasteiger partial charge in [-0.3, -0.25) is 19.2 Å². The standard InChI is InChI=1S/C12H20N6O3/c1-21-11(19)9-16-4-6-17(7-5-16)12(20)10-8-18(3-2-13)15-14-10/h8H,2-7,9,13H2,1H3. The first kappa shape index (κ1) is 15.4. The zero-order valence-electron chi connectivity index (χ0n) is 12.1. The summed E-state index contributed by atoms with van der Waals surface area (Å²) in [5, 5.41) is 7.72. The van der Waals surface area contributed by atoms with Crippen LogP contribution in [-0.4, -0.2) is 83.0 Å². The number of esters is 1. The Morgan fingerprint density at radius 1 is 1.33 bits per heavy atom. The molecule has 1 saturated heterocycles. The van der Waals surface area contributed by atoms with E-state index in [4.69, 9.17) is 5.73 Å². The van der Waals surface area contributed by atoms with Crippen LogP contribution < -0.4 is 5.73 Å². The molecule has 1 aromatic rings. The largest absolute Gasteiger partial charge is 0.468 e. The van der Waals surface area contributed by atoms with Gasteiger partial charge in [0.15, 0.2) is 5.69 Å². The van der Waals surface area contributed by atoms with E-state index in [1.807, 2.05) is 4.90 Å². The normalized spacial score (nSPS) is 16.0. The molecule has 9 nitrogen and oxygen atoms in total. The van der Waals surface area contributed by atoms with Crippen LogP contribution in [0.3, 0.4) is 0 Å². The number of hydrogen-bond donors (Lipinski definition) is 1. The van der Waals surface area contributed by atoms with Crippen molar-refractivity contribution in [2.75, 3.05) is 46.4 Å². The summed E-state index contributed by atoms with van der Waals surface area (Å²) in [7, 11) is 1.37. The summed E-state index contributed by atoms with van der Waals surface area (Å²) in [5.41, 5.74) is 5.75. The van der Waals surface area contributed by atoms with Gasteiger partial charge in [-0.15, -0.1) is 5.10 Å². The molecule has 1 aromatic heterocycles. The summed E-state index contributed by atoms with van der Waals surface area (Å²) in [6, 6.07) is 0. The van der Waals surface area contributed by atoms with Gasteiger partial charge < -0.3 is 15.4 Å². The molecule has 0 spiro atoms. The maximum absolute atomic E-state index is 12.3. The van der Waals surface area contributed by atoms with Gasteiger partial charge in [0.1, 0.15) is 0 Å². The first-order chi connectivity index (χ1) is 10.1. The fourth-order valence-electron chi connectivity index (χ4n) is 2.16. The van der Waals surface area contributed by atoms with Gasteiger partial charge in [0, 0.05) is 32.7 Å². The molecule has 9 heteroatoms. The molecule has 2 N–H and O–H groups in total. The van der Waals surface area contributed by atoms with E-state index >= 15 is 0 Å². The Morgan fingerprint density at radius 2 is 2.05 bits per heavy atom. The topological polar surface area (TPSA) is 107 Å². The second kappa shape index (κ2) is 7.14. The quantitative estimate of drug-likeness (QED) is 0.637. The van der Waals surface area contributed by atoms with E-state index in [1.54, 1.807) is 15.8 Å². The number of hydrogen-bond acceptors (Lipinski definition) is 7. The number of nitrogens with two attached hydrogens (primary N) is 1. The molecule has 2 rings (SSSR count). The highest BCUT2D eigenvalue weighted by Gasteiger charge is 2.25. The van der Waals surface area contributed by atoms with Crippen LogP contribution in [0.15, 0.2) is 6.20 Å². The average Bonchev–Trinajstić information content (AvgIpc) is 2.96. The van der Waals surface area contributed by atoms with Gasteiger partial charge in [-0.2, -0.15) is 0 Å². The maximum Gasteiger partial charge on any atom is 0.319 e. The average molecular weight is 296 g/mol. The van der Waals surface area contributed by atoms with Crippen molar-refractivity contribution in [2.24, 2.45) is 5.73 Å². The minimum absolute atomic E-state index is 0.143. The number of piperazine rings is 1. The summed E-state index contributed by atoms with van der Waals surface area (Å²) < 4.78 is 6.19. The first-order valence-corrected chi connectivity index (χ1v) is 6.82. The number of amides is 1. The molecule has 0 saturated carbocycles. The molecule has 1 amide bonds. The molecule has 0 aliphatic carbocycles. The van der Waals surface area contributed by atoms with Gasteiger partial charge in [0.2, 0.25) is 0 Å². The molecule has 116 valence electrons. The van der Waals surface area contributed by atoms with Gasteiger partial charge in [0.25, 0.3) is 5.91 Å². The molecule has 1 aliphatic rings. The number of carbonyl (C=O) groups is 2. The Balaban J connectivity index is 1.86. The Labute approximate surface area is 122 Å². The SMILES string of the molecule is COC(=O)CN1CCN(C(=O)c2cn(CCN)nn2)CC1. The van der Waals surface area contributed by atoms with Crippen molar-refractivity contribution in [3.8, 4) is 0 Å². The van der Waals surface area contributed by atoms with E-state index in [1.165, 1.54) is 7.11 Å². The summed E-state index contributed by atoms with van der Waals surface area (Å²) in [6.45, 7) is 3.62. The van der Waals surface area contributed by atoms with Gasteiger partial charge >= 0.3 is 5.97 Å². The van der Waals surface area contributed by atoms with Crippen LogP contribution in [0.1, 0.15) is 10.5 Å². The molecule has 21 heavy (non-hydrogen) atoms. The lowest BCUT2D eigenvalue weighted by Crippen LogP contribution is -2.50. The van der Waals surface area contributed by atoms with E-state index in [0.29, 0.717) is 45.0 Å². The van der Waals surface area contributed by atoms with E-state index < -0.39 is 0 Å². The van der Waals surface area contributed by atoms with Gasteiger partial charge in [0.05, 0.1) is 26.4 Å². The molecular weight excluding hydrogens is 276 g/mol. The van der Waals surface area contributed by atoms with Gasteiger partial charge in [-0.25, -0.2) is 0 Å². The Morgan fingerprint density at radius 3 is 2.67 bits per heavy atom. The minimum atomic E-state index is -0.264. The van der Waals surface area contributed by atoms with E-state index in [2.05, 4.69) is 15.0 Å². The van der Waals surface area contributed by atoms with Crippen LogP contribution in [0.4, 0.5) is 0 Å². The van der Waals surface area contributed by atoms with Crippen molar-refractivity contribution in [1.29, 1.82) is 0 Å². The number of rotatable bonds is 5. The number of ether oxygens (including phenoxy) is 1. The lowest BCUT2D eigenvalue weighted by molar-refractivity contribution is -0.142. The first-order valence-electron chi connectivity index (χ1n) is 6.82. The van der Waals surface area contributed by atoms with Crippen LogP contribution in [-0.2, 0) is 16.1 Å². The highest BCUT2D eigenvalue weighted by atomic mass is 16.5. The van der Waals surface area contributed by atoms with Crippen LogP contribution >= 0.6 is 0 Å². The molecule has 0 radical (unpaired) electrons.